The molecule has 7 unspecified atom stereocenters. The van der Waals surface area contributed by atoms with Crippen molar-refractivity contribution in [3.63, 3.8) is 0 Å². The molecule has 6 aliphatic carbocycles. The molecular weight excluding hydrogens is 821 g/mol. The van der Waals surface area contributed by atoms with Gasteiger partial charge in [-0.2, -0.15) is 0 Å². The molecule has 1 aromatic heterocycles. The second kappa shape index (κ2) is 16.9. The Bertz CT molecular complexity index is 3390. The van der Waals surface area contributed by atoms with Gasteiger partial charge in [0.05, 0.1) is 23.0 Å². The van der Waals surface area contributed by atoms with E-state index in [0.717, 1.165) is 56.2 Å². The van der Waals surface area contributed by atoms with E-state index in [4.69, 9.17) is 4.99 Å². The number of aryl methyl sites for hydroxylation is 2. The van der Waals surface area contributed by atoms with Crippen LogP contribution in [0.25, 0.3) is 38.6 Å². The Morgan fingerprint density at radius 3 is 2.53 bits per heavy atom. The van der Waals surface area contributed by atoms with Gasteiger partial charge < -0.3 is 4.57 Å². The number of hydrogen-bond acceptors (Lipinski definition) is 1. The average Bonchev–Trinajstić information content (AvgIpc) is 3.95. The van der Waals surface area contributed by atoms with E-state index < -0.39 is 0 Å². The fraction of sp³-hybridized carbons (Fsp3) is 0.227. The van der Waals surface area contributed by atoms with Crippen molar-refractivity contribution in [3.8, 4) is 16.9 Å². The third-order valence-corrected chi connectivity index (χ3v) is 16.7. The molecule has 13 rings (SSSR count). The van der Waals surface area contributed by atoms with Gasteiger partial charge in [0.2, 0.25) is 0 Å². The monoisotopic (exact) mass is 878 g/mol. The summed E-state index contributed by atoms with van der Waals surface area (Å²) in [5.74, 6) is 2.15. The van der Waals surface area contributed by atoms with E-state index in [0.29, 0.717) is 23.7 Å². The molecule has 0 amide bonds. The predicted octanol–water partition coefficient (Wildman–Crippen LogP) is 15.9. The molecule has 6 aromatic carbocycles. The van der Waals surface area contributed by atoms with Gasteiger partial charge in [-0.15, -0.1) is 0 Å². The zero-order valence-corrected chi connectivity index (χ0v) is 39.1. The Kier molecular flexibility index (Phi) is 10.3. The smallest absolute Gasteiger partial charge is 0.0644 e. The van der Waals surface area contributed by atoms with Crippen LogP contribution in [0.1, 0.15) is 77.8 Å². The number of para-hydroxylation sites is 1. The quantitative estimate of drug-likeness (QED) is 0.129. The first-order valence-corrected chi connectivity index (χ1v) is 25.3. The Morgan fingerprint density at radius 2 is 1.62 bits per heavy atom. The summed E-state index contributed by atoms with van der Waals surface area (Å²) in [6.07, 6.45) is 29.2. The van der Waals surface area contributed by atoms with Crippen molar-refractivity contribution < 1.29 is 0 Å². The van der Waals surface area contributed by atoms with E-state index in [1.165, 1.54) is 66.5 Å². The lowest BCUT2D eigenvalue weighted by atomic mass is 9.63. The van der Waals surface area contributed by atoms with Crippen LogP contribution in [0.5, 0.6) is 0 Å². The van der Waals surface area contributed by atoms with Gasteiger partial charge in [-0.1, -0.05) is 189 Å². The van der Waals surface area contributed by atoms with Gasteiger partial charge in [-0.25, -0.2) is 0 Å². The number of fused-ring (bicyclic) bond motifs is 11. The topological polar surface area (TPSA) is 17.3 Å². The summed E-state index contributed by atoms with van der Waals surface area (Å²) >= 11 is 0. The lowest BCUT2D eigenvalue weighted by Crippen LogP contribution is -2.32. The van der Waals surface area contributed by atoms with Crippen LogP contribution in [0.4, 0.5) is 0 Å². The normalized spacial score (nSPS) is 23.2. The van der Waals surface area contributed by atoms with E-state index in [1.54, 1.807) is 22.3 Å². The van der Waals surface area contributed by atoms with Crippen molar-refractivity contribution in [1.29, 1.82) is 0 Å². The van der Waals surface area contributed by atoms with Crippen LogP contribution in [0, 0.1) is 23.7 Å². The number of allylic oxidation sites excluding steroid dienone is 12. The van der Waals surface area contributed by atoms with E-state index in [2.05, 4.69) is 206 Å². The summed E-state index contributed by atoms with van der Waals surface area (Å²) in [5.41, 5.74) is 21.1. The van der Waals surface area contributed by atoms with E-state index in [9.17, 15) is 0 Å². The molecule has 0 saturated heterocycles. The van der Waals surface area contributed by atoms with Crippen molar-refractivity contribution in [3.05, 3.63) is 256 Å². The first-order chi connectivity index (χ1) is 33.6. The van der Waals surface area contributed by atoms with Gasteiger partial charge in [0.15, 0.2) is 0 Å². The van der Waals surface area contributed by atoms with Crippen molar-refractivity contribution in [2.45, 2.75) is 69.7 Å². The van der Waals surface area contributed by atoms with Crippen molar-refractivity contribution >= 4 is 27.4 Å². The molecule has 2 heteroatoms. The van der Waals surface area contributed by atoms with E-state index in [-0.39, 0.29) is 17.9 Å². The SMILES string of the molecule is C=CC(=NC(CC(C)c1ccc2ccccc2c1)C1C=C(C2CC3Cc4cc(-n5c6c(c7ccccc75)CCc5ccccc5-6)ccc4C3C3=C2C=CCC3)C=C2C=CC=CC21)c1ccccc1. The number of hydrogen-bond donors (Lipinski definition) is 0. The fourth-order valence-corrected chi connectivity index (χ4v) is 13.6. The second-order valence-electron chi connectivity index (χ2n) is 20.4. The van der Waals surface area contributed by atoms with Crippen LogP contribution in [0.15, 0.2) is 228 Å². The summed E-state index contributed by atoms with van der Waals surface area (Å²) < 4.78 is 2.60. The first-order valence-electron chi connectivity index (χ1n) is 25.3. The highest BCUT2D eigenvalue weighted by Gasteiger charge is 2.44. The van der Waals surface area contributed by atoms with Gasteiger partial charge in [0.25, 0.3) is 0 Å². The molecule has 0 saturated carbocycles. The Morgan fingerprint density at radius 1 is 0.779 bits per heavy atom. The molecule has 0 spiro atoms. The number of aromatic nitrogens is 1. The van der Waals surface area contributed by atoms with Crippen LogP contribution in [-0.2, 0) is 19.3 Å². The molecule has 2 nitrogen and oxygen atoms in total. The zero-order valence-electron chi connectivity index (χ0n) is 39.1. The first kappa shape index (κ1) is 41.2. The summed E-state index contributed by atoms with van der Waals surface area (Å²) in [5, 5.41) is 3.98. The molecule has 7 atom stereocenters. The van der Waals surface area contributed by atoms with Crippen molar-refractivity contribution in [2.75, 3.05) is 0 Å². The van der Waals surface area contributed by atoms with Crippen molar-refractivity contribution in [2.24, 2.45) is 28.7 Å². The van der Waals surface area contributed by atoms with Gasteiger partial charge in [0, 0.05) is 40.3 Å². The zero-order chi connectivity index (χ0) is 45.3. The number of aliphatic imine (C=N–C) groups is 1. The highest BCUT2D eigenvalue weighted by atomic mass is 15.0. The molecule has 7 aromatic rings. The van der Waals surface area contributed by atoms with Gasteiger partial charge >= 0.3 is 0 Å². The largest absolute Gasteiger partial charge is 0.309 e. The molecule has 6 aliphatic rings. The maximum absolute atomic E-state index is 5.78. The lowest BCUT2D eigenvalue weighted by molar-refractivity contribution is 0.364. The summed E-state index contributed by atoms with van der Waals surface area (Å²) in [6.45, 7) is 6.74. The second-order valence-corrected chi connectivity index (χ2v) is 20.4. The standard InChI is InChI=1S/C66H58N2/c1-3-62(45-19-5-4-6-20-45)67-63(35-42(2)46-30-29-43-17-7-8-21-47(43)36-46)61-40-50(37-48-22-10-11-23-53(48)61)60-41-51-38-49-39-52(32-34-54(49)65(51)58-27-14-13-25-56(58)60)68-64-28-16-15-26-57(64)59-33-31-44-18-9-12-24-55(44)66(59)68/h3-13,15-26,28-30,32,34,36-37,39-40,42,51,53,60-61,63,65H,1,14,27,31,33,35,38,41H2,2H3. The molecular formula is C66H58N2. The number of rotatable bonds is 9. The van der Waals surface area contributed by atoms with Gasteiger partial charge in [-0.05, 0) is 142 Å². The minimum atomic E-state index is 0.0350. The average molecular weight is 879 g/mol. The summed E-state index contributed by atoms with van der Waals surface area (Å²) in [4.78, 5) is 5.78. The van der Waals surface area contributed by atoms with E-state index in [1.807, 2.05) is 6.08 Å². The number of benzene rings is 6. The maximum Gasteiger partial charge on any atom is 0.0644 e. The van der Waals surface area contributed by atoms with Crippen LogP contribution < -0.4 is 0 Å². The molecule has 68 heavy (non-hydrogen) atoms. The Labute approximate surface area is 401 Å². The summed E-state index contributed by atoms with van der Waals surface area (Å²) in [7, 11) is 0. The molecule has 332 valence electrons. The van der Waals surface area contributed by atoms with Crippen LogP contribution in [0.3, 0.4) is 0 Å². The molecule has 0 bridgehead atoms. The molecule has 1 heterocycles. The highest BCUT2D eigenvalue weighted by molar-refractivity contribution is 6.08. The van der Waals surface area contributed by atoms with Crippen LogP contribution >= 0.6 is 0 Å². The minimum Gasteiger partial charge on any atom is -0.309 e. The third-order valence-electron chi connectivity index (χ3n) is 16.7. The fourth-order valence-electron chi connectivity index (χ4n) is 13.6. The van der Waals surface area contributed by atoms with Crippen LogP contribution in [0.2, 0.25) is 0 Å². The van der Waals surface area contributed by atoms with E-state index >= 15 is 0 Å². The molecule has 0 aliphatic heterocycles. The van der Waals surface area contributed by atoms with Gasteiger partial charge in [-0.3, -0.25) is 4.99 Å². The third kappa shape index (κ3) is 6.94. The maximum atomic E-state index is 5.78. The number of nitrogens with zero attached hydrogens (tertiary/aromatic N) is 2. The van der Waals surface area contributed by atoms with Crippen molar-refractivity contribution in [1.82, 2.24) is 4.57 Å². The summed E-state index contributed by atoms with van der Waals surface area (Å²) in [6, 6.07) is 52.3. The molecule has 0 radical (unpaired) electrons. The predicted molar refractivity (Wildman–Crippen MR) is 285 cm³/mol. The van der Waals surface area contributed by atoms with Gasteiger partial charge in [0.1, 0.15) is 0 Å². The highest BCUT2D eigenvalue weighted by Crippen LogP contribution is 2.56. The van der Waals surface area contributed by atoms with Crippen LogP contribution in [-0.4, -0.2) is 16.3 Å². The Balaban J connectivity index is 0.884. The minimum absolute atomic E-state index is 0.0350. The molecule has 0 N–H and O–H groups in total. The molecule has 0 fully saturated rings. The lowest BCUT2D eigenvalue weighted by Gasteiger charge is -2.41. The Hall–Kier alpha value is -7.03.